The number of fused-ring (bicyclic) bond motifs is 2. The van der Waals surface area contributed by atoms with E-state index in [4.69, 9.17) is 0 Å². The third-order valence-electron chi connectivity index (χ3n) is 4.01. The summed E-state index contributed by atoms with van der Waals surface area (Å²) in [6.07, 6.45) is 0. The van der Waals surface area contributed by atoms with Gasteiger partial charge in [0.1, 0.15) is 0 Å². The molecule has 104 valence electrons. The number of aryl methyl sites for hydroxylation is 1. The molecule has 3 heteroatoms. The van der Waals surface area contributed by atoms with Crippen LogP contribution in [0.15, 0.2) is 30.3 Å². The molecule has 0 saturated heterocycles. The van der Waals surface area contributed by atoms with Gasteiger partial charge in [-0.2, -0.15) is 0 Å². The van der Waals surface area contributed by atoms with Crippen LogP contribution in [-0.4, -0.2) is 17.3 Å². The molecule has 0 N–H and O–H groups in total. The van der Waals surface area contributed by atoms with E-state index < -0.39 is 0 Å². The van der Waals surface area contributed by atoms with Crippen molar-refractivity contribution in [3.8, 4) is 0 Å². The number of hydrogen-bond donors (Lipinski definition) is 0. The lowest BCUT2D eigenvalue weighted by atomic mass is 9.79. The zero-order valence-electron chi connectivity index (χ0n) is 12.1. The fourth-order valence-corrected chi connectivity index (χ4v) is 3.16. The molecule has 0 radical (unpaired) electrons. The van der Waals surface area contributed by atoms with Gasteiger partial charge in [0.25, 0.3) is 0 Å². The summed E-state index contributed by atoms with van der Waals surface area (Å²) >= 11 is 0. The Hall–Kier alpha value is -2.55. The molecule has 0 unspecified atom stereocenters. The van der Waals surface area contributed by atoms with Crippen LogP contribution >= 0.6 is 0 Å². The van der Waals surface area contributed by atoms with Crippen molar-refractivity contribution in [2.45, 2.75) is 20.8 Å². The lowest BCUT2D eigenvalue weighted by molar-refractivity contribution is 0.0976. The quantitative estimate of drug-likeness (QED) is 0.642. The number of ketones is 3. The molecule has 2 aromatic rings. The first-order valence-corrected chi connectivity index (χ1v) is 6.77. The van der Waals surface area contributed by atoms with Crippen LogP contribution in [0, 0.1) is 13.8 Å². The average Bonchev–Trinajstić information content (AvgIpc) is 2.44. The highest BCUT2D eigenvalue weighted by Crippen LogP contribution is 2.32. The van der Waals surface area contributed by atoms with Gasteiger partial charge in [-0.1, -0.05) is 24.3 Å². The van der Waals surface area contributed by atoms with Crippen LogP contribution in [0.5, 0.6) is 0 Å². The second-order valence-electron chi connectivity index (χ2n) is 5.38. The summed E-state index contributed by atoms with van der Waals surface area (Å²) in [7, 11) is 0. The van der Waals surface area contributed by atoms with Gasteiger partial charge in [0.2, 0.25) is 0 Å². The van der Waals surface area contributed by atoms with Crippen molar-refractivity contribution in [2.75, 3.05) is 0 Å². The second kappa shape index (κ2) is 4.48. The lowest BCUT2D eigenvalue weighted by Gasteiger charge is -2.21. The van der Waals surface area contributed by atoms with Crippen molar-refractivity contribution >= 4 is 17.3 Å². The van der Waals surface area contributed by atoms with Crippen LogP contribution in [0.1, 0.15) is 60.3 Å². The highest BCUT2D eigenvalue weighted by atomic mass is 16.1. The predicted octanol–water partition coefficient (Wildman–Crippen LogP) is 3.28. The molecule has 3 nitrogen and oxygen atoms in total. The van der Waals surface area contributed by atoms with E-state index in [2.05, 4.69) is 0 Å². The van der Waals surface area contributed by atoms with E-state index in [1.807, 2.05) is 0 Å². The molecule has 0 bridgehead atoms. The summed E-state index contributed by atoms with van der Waals surface area (Å²) in [5.74, 6) is -0.423. The predicted molar refractivity (Wildman–Crippen MR) is 79.2 cm³/mol. The topological polar surface area (TPSA) is 51.2 Å². The first kappa shape index (κ1) is 13.4. The van der Waals surface area contributed by atoms with Crippen molar-refractivity contribution in [1.29, 1.82) is 0 Å². The number of benzene rings is 2. The maximum Gasteiger partial charge on any atom is 0.194 e. The van der Waals surface area contributed by atoms with E-state index in [0.29, 0.717) is 33.4 Å². The highest BCUT2D eigenvalue weighted by molar-refractivity contribution is 6.29. The average molecular weight is 278 g/mol. The van der Waals surface area contributed by atoms with Gasteiger partial charge in [0, 0.05) is 27.8 Å². The van der Waals surface area contributed by atoms with Crippen molar-refractivity contribution in [2.24, 2.45) is 0 Å². The summed E-state index contributed by atoms with van der Waals surface area (Å²) in [5.41, 5.74) is 3.49. The molecular weight excluding hydrogens is 264 g/mol. The van der Waals surface area contributed by atoms with Crippen LogP contribution in [0.2, 0.25) is 0 Å². The number of carbonyl (C=O) groups excluding carboxylic acids is 3. The molecule has 2 aromatic carbocycles. The largest absolute Gasteiger partial charge is 0.294 e. The molecule has 0 aliphatic heterocycles. The molecule has 0 fully saturated rings. The zero-order valence-corrected chi connectivity index (χ0v) is 12.1. The molecule has 0 atom stereocenters. The first-order chi connectivity index (χ1) is 9.93. The third-order valence-corrected chi connectivity index (χ3v) is 4.01. The minimum absolute atomic E-state index is 0.0908. The minimum atomic E-state index is -0.180. The molecule has 0 spiro atoms. The molecule has 3 rings (SSSR count). The number of hydrogen-bond acceptors (Lipinski definition) is 3. The van der Waals surface area contributed by atoms with Gasteiger partial charge in [-0.3, -0.25) is 14.4 Å². The third kappa shape index (κ3) is 1.77. The molecule has 1 aliphatic carbocycles. The Balaban J connectivity index is 2.39. The highest BCUT2D eigenvalue weighted by Gasteiger charge is 2.32. The van der Waals surface area contributed by atoms with E-state index in [1.54, 1.807) is 44.2 Å². The van der Waals surface area contributed by atoms with Crippen molar-refractivity contribution in [3.05, 3.63) is 69.3 Å². The Kier molecular flexibility index (Phi) is 2.87. The summed E-state index contributed by atoms with van der Waals surface area (Å²) in [6, 6.07) is 8.48. The lowest BCUT2D eigenvalue weighted by Crippen LogP contribution is -2.23. The van der Waals surface area contributed by atoms with Gasteiger partial charge in [0.05, 0.1) is 0 Å². The Labute approximate surface area is 122 Å². The van der Waals surface area contributed by atoms with E-state index in [1.165, 1.54) is 6.92 Å². The monoisotopic (exact) mass is 278 g/mol. The number of carbonyl (C=O) groups is 3. The number of rotatable bonds is 1. The van der Waals surface area contributed by atoms with Crippen molar-refractivity contribution < 1.29 is 14.4 Å². The van der Waals surface area contributed by atoms with Crippen LogP contribution in [-0.2, 0) is 0 Å². The summed E-state index contributed by atoms with van der Waals surface area (Å²) in [6.45, 7) is 5.01. The molecule has 1 aliphatic rings. The van der Waals surface area contributed by atoms with Gasteiger partial charge in [-0.15, -0.1) is 0 Å². The minimum Gasteiger partial charge on any atom is -0.294 e. The van der Waals surface area contributed by atoms with Crippen molar-refractivity contribution in [3.63, 3.8) is 0 Å². The molecule has 0 amide bonds. The molecule has 0 aromatic heterocycles. The van der Waals surface area contributed by atoms with Gasteiger partial charge in [0.15, 0.2) is 17.3 Å². The Morgan fingerprint density at radius 2 is 1.48 bits per heavy atom. The Bertz CT molecular complexity index is 829. The van der Waals surface area contributed by atoms with Crippen LogP contribution in [0.4, 0.5) is 0 Å². The van der Waals surface area contributed by atoms with Gasteiger partial charge in [-0.05, 0) is 38.0 Å². The van der Waals surface area contributed by atoms with Gasteiger partial charge in [-0.25, -0.2) is 0 Å². The summed E-state index contributed by atoms with van der Waals surface area (Å²) in [5, 5.41) is 0. The standard InChI is InChI=1S/C18H14O3/c1-9-8-14-16(10(2)15(9)11(3)19)18(21)13-7-5-4-6-12(13)17(14)20/h4-8H,1-3H3. The first-order valence-electron chi connectivity index (χ1n) is 6.77. The maximum atomic E-state index is 12.7. The SMILES string of the molecule is CC(=O)c1c(C)cc2c(c1C)C(=O)c1ccccc1C2=O. The molecule has 21 heavy (non-hydrogen) atoms. The van der Waals surface area contributed by atoms with Crippen molar-refractivity contribution in [1.82, 2.24) is 0 Å². The fourth-order valence-electron chi connectivity index (χ4n) is 3.16. The molecular formula is C18H14O3. The Morgan fingerprint density at radius 1 is 0.905 bits per heavy atom. The normalized spacial score (nSPS) is 12.9. The van der Waals surface area contributed by atoms with Crippen LogP contribution in [0.3, 0.4) is 0 Å². The molecule has 0 saturated carbocycles. The second-order valence-corrected chi connectivity index (χ2v) is 5.38. The van der Waals surface area contributed by atoms with E-state index in [9.17, 15) is 14.4 Å². The van der Waals surface area contributed by atoms with Crippen LogP contribution < -0.4 is 0 Å². The van der Waals surface area contributed by atoms with E-state index >= 15 is 0 Å². The summed E-state index contributed by atoms with van der Waals surface area (Å²) < 4.78 is 0. The molecule has 0 heterocycles. The zero-order chi connectivity index (χ0) is 15.3. The smallest absolute Gasteiger partial charge is 0.194 e. The summed E-state index contributed by atoms with van der Waals surface area (Å²) in [4.78, 5) is 37.1. The number of Topliss-reactive ketones (excluding diaryl/α,β-unsaturated/α-hetero) is 1. The van der Waals surface area contributed by atoms with Gasteiger partial charge >= 0.3 is 0 Å². The van der Waals surface area contributed by atoms with E-state index in [-0.39, 0.29) is 17.3 Å². The maximum absolute atomic E-state index is 12.7. The van der Waals surface area contributed by atoms with Gasteiger partial charge < -0.3 is 0 Å². The Morgan fingerprint density at radius 3 is 2.05 bits per heavy atom. The van der Waals surface area contributed by atoms with E-state index in [0.717, 1.165) is 5.56 Å². The fraction of sp³-hybridized carbons (Fsp3) is 0.167. The van der Waals surface area contributed by atoms with Crippen LogP contribution in [0.25, 0.3) is 0 Å².